The summed E-state index contributed by atoms with van der Waals surface area (Å²) in [5, 5.41) is 16.8. The third-order valence-corrected chi connectivity index (χ3v) is 4.40. The first-order chi connectivity index (χ1) is 10.9. The zero-order valence-electron chi connectivity index (χ0n) is 12.5. The number of aromatic nitrogens is 2. The molecule has 23 heavy (non-hydrogen) atoms. The number of nitrogens with zero attached hydrogens (tertiary/aromatic N) is 2. The topological polar surface area (TPSA) is 67.2 Å². The smallest absolute Gasteiger partial charge is 0.254 e. The van der Waals surface area contributed by atoms with Gasteiger partial charge in [0.15, 0.2) is 0 Å². The zero-order chi connectivity index (χ0) is 16.6. The molecule has 1 fully saturated rings. The number of carbonyl (C=O) groups is 1. The number of amides is 1. The van der Waals surface area contributed by atoms with E-state index in [-0.39, 0.29) is 23.6 Å². The molecule has 1 aromatic heterocycles. The number of rotatable bonds is 4. The van der Waals surface area contributed by atoms with E-state index in [9.17, 15) is 14.3 Å². The first-order valence-electron chi connectivity index (χ1n) is 7.36. The Hall–Kier alpha value is -1.92. The van der Waals surface area contributed by atoms with Crippen LogP contribution >= 0.6 is 11.6 Å². The normalized spacial score (nSPS) is 21.6. The van der Waals surface area contributed by atoms with Gasteiger partial charge < -0.3 is 10.4 Å². The molecule has 0 aliphatic heterocycles. The predicted octanol–water partition coefficient (Wildman–Crippen LogP) is 2.45. The van der Waals surface area contributed by atoms with Crippen molar-refractivity contribution in [3.63, 3.8) is 0 Å². The van der Waals surface area contributed by atoms with Gasteiger partial charge in [0.25, 0.3) is 5.91 Å². The number of aryl methyl sites for hydroxylation is 1. The summed E-state index contributed by atoms with van der Waals surface area (Å²) >= 11 is 5.84. The lowest BCUT2D eigenvalue weighted by molar-refractivity contribution is 0.0234. The number of nitrogens with one attached hydrogen (secondary N) is 1. The molecule has 1 aliphatic rings. The second kappa shape index (κ2) is 6.29. The highest BCUT2D eigenvalue weighted by Gasteiger charge is 2.36. The van der Waals surface area contributed by atoms with Crippen LogP contribution in [0.1, 0.15) is 34.8 Å². The fraction of sp³-hybridized carbons (Fsp3) is 0.375. The lowest BCUT2D eigenvalue weighted by Crippen LogP contribution is -2.41. The van der Waals surface area contributed by atoms with Gasteiger partial charge in [-0.15, -0.1) is 0 Å². The summed E-state index contributed by atoms with van der Waals surface area (Å²) in [5.41, 5.74) is 0.742. The van der Waals surface area contributed by atoms with Crippen LogP contribution in [0.4, 0.5) is 4.39 Å². The van der Waals surface area contributed by atoms with E-state index in [1.165, 1.54) is 18.2 Å². The van der Waals surface area contributed by atoms with Crippen LogP contribution < -0.4 is 5.32 Å². The first kappa shape index (κ1) is 16.0. The largest absolute Gasteiger partial charge is 0.393 e. The minimum Gasteiger partial charge on any atom is -0.393 e. The Kier molecular flexibility index (Phi) is 4.37. The van der Waals surface area contributed by atoms with Gasteiger partial charge in [-0.25, -0.2) is 4.39 Å². The Labute approximate surface area is 138 Å². The van der Waals surface area contributed by atoms with Crippen LogP contribution in [0.5, 0.6) is 0 Å². The molecule has 5 nitrogen and oxygen atoms in total. The molecule has 7 heteroatoms. The van der Waals surface area contributed by atoms with Gasteiger partial charge in [0.1, 0.15) is 5.82 Å². The van der Waals surface area contributed by atoms with Crippen LogP contribution in [-0.2, 0) is 7.05 Å². The lowest BCUT2D eigenvalue weighted by atomic mass is 9.75. The molecule has 1 unspecified atom stereocenters. The molecule has 2 aromatic rings. The first-order valence-corrected chi connectivity index (χ1v) is 7.74. The number of hydrogen-bond acceptors (Lipinski definition) is 3. The molecule has 0 bridgehead atoms. The van der Waals surface area contributed by atoms with E-state index < -0.39 is 11.7 Å². The third-order valence-electron chi connectivity index (χ3n) is 4.16. The molecular formula is C16H17ClFN3O2. The van der Waals surface area contributed by atoms with Gasteiger partial charge in [-0.3, -0.25) is 9.48 Å². The van der Waals surface area contributed by atoms with Gasteiger partial charge in [-0.1, -0.05) is 11.6 Å². The Morgan fingerprint density at radius 1 is 1.52 bits per heavy atom. The molecule has 0 spiro atoms. The van der Waals surface area contributed by atoms with E-state index in [1.807, 2.05) is 6.20 Å². The van der Waals surface area contributed by atoms with Crippen molar-refractivity contribution in [3.8, 4) is 0 Å². The maximum atomic E-state index is 13.9. The average molecular weight is 338 g/mol. The Bertz CT molecular complexity index is 728. The van der Waals surface area contributed by atoms with Crippen LogP contribution in [0.25, 0.3) is 0 Å². The third kappa shape index (κ3) is 3.38. The molecule has 122 valence electrons. The van der Waals surface area contributed by atoms with Crippen LogP contribution in [0.15, 0.2) is 30.6 Å². The molecule has 1 heterocycles. The van der Waals surface area contributed by atoms with Crippen LogP contribution in [0.2, 0.25) is 5.02 Å². The van der Waals surface area contributed by atoms with Gasteiger partial charge >= 0.3 is 0 Å². The van der Waals surface area contributed by atoms with Crippen LogP contribution in [-0.4, -0.2) is 26.9 Å². The number of aliphatic hydroxyl groups is 1. The van der Waals surface area contributed by atoms with Crippen molar-refractivity contribution < 1.29 is 14.3 Å². The number of hydrogen-bond donors (Lipinski definition) is 2. The molecule has 3 rings (SSSR count). The molecule has 1 saturated carbocycles. The van der Waals surface area contributed by atoms with Gasteiger partial charge in [-0.2, -0.15) is 5.10 Å². The van der Waals surface area contributed by atoms with E-state index in [0.717, 1.165) is 5.56 Å². The fourth-order valence-electron chi connectivity index (χ4n) is 2.87. The van der Waals surface area contributed by atoms with Crippen molar-refractivity contribution in [2.45, 2.75) is 25.0 Å². The Balaban J connectivity index is 1.83. The Morgan fingerprint density at radius 2 is 2.26 bits per heavy atom. The van der Waals surface area contributed by atoms with Crippen LogP contribution in [0, 0.1) is 11.7 Å². The van der Waals surface area contributed by atoms with Gasteiger partial charge in [0.05, 0.1) is 23.9 Å². The van der Waals surface area contributed by atoms with E-state index in [2.05, 4.69) is 10.4 Å². The van der Waals surface area contributed by atoms with Gasteiger partial charge in [0.2, 0.25) is 0 Å². The summed E-state index contributed by atoms with van der Waals surface area (Å²) in [4.78, 5) is 12.4. The minimum absolute atomic E-state index is 0.0914. The molecule has 1 aliphatic carbocycles. The summed E-state index contributed by atoms with van der Waals surface area (Å²) in [5.74, 6) is -1.05. The minimum atomic E-state index is -0.620. The van der Waals surface area contributed by atoms with E-state index >= 15 is 0 Å². The summed E-state index contributed by atoms with van der Waals surface area (Å²) in [6.45, 7) is 0. The lowest BCUT2D eigenvalue weighted by Gasteiger charge is -2.37. The molecule has 1 amide bonds. The molecule has 0 radical (unpaired) electrons. The van der Waals surface area contributed by atoms with Crippen molar-refractivity contribution in [1.29, 1.82) is 0 Å². The zero-order valence-corrected chi connectivity index (χ0v) is 13.3. The summed E-state index contributed by atoms with van der Waals surface area (Å²) < 4.78 is 15.5. The quantitative estimate of drug-likeness (QED) is 0.900. The average Bonchev–Trinajstić information content (AvgIpc) is 2.90. The highest BCUT2D eigenvalue weighted by Crippen LogP contribution is 2.38. The van der Waals surface area contributed by atoms with Crippen LogP contribution in [0.3, 0.4) is 0 Å². The van der Waals surface area contributed by atoms with E-state index in [1.54, 1.807) is 17.9 Å². The number of halogens is 2. The van der Waals surface area contributed by atoms with Crippen molar-refractivity contribution in [3.05, 3.63) is 52.6 Å². The number of aliphatic hydroxyl groups excluding tert-OH is 1. The second-order valence-electron chi connectivity index (χ2n) is 5.91. The summed E-state index contributed by atoms with van der Waals surface area (Å²) in [7, 11) is 1.79. The highest BCUT2D eigenvalue weighted by atomic mass is 35.5. The molecule has 2 N–H and O–H groups in total. The number of benzene rings is 1. The van der Waals surface area contributed by atoms with Crippen molar-refractivity contribution in [2.75, 3.05) is 0 Å². The van der Waals surface area contributed by atoms with Crippen molar-refractivity contribution >= 4 is 17.5 Å². The Morgan fingerprint density at radius 3 is 2.87 bits per heavy atom. The fourth-order valence-corrected chi connectivity index (χ4v) is 3.04. The standard InChI is InChI=1S/C16H17ClFN3O2/c1-21-8-10(7-19-21)15(9-4-12(22)5-9)20-16(23)13-6-11(17)2-3-14(13)18/h2-3,6-9,12,15,22H,4-5H2,1H3,(H,20,23). The van der Waals surface area contributed by atoms with Crippen molar-refractivity contribution in [2.24, 2.45) is 13.0 Å². The summed E-state index contributed by atoms with van der Waals surface area (Å²) in [6, 6.07) is 3.55. The van der Waals surface area contributed by atoms with Gasteiger partial charge in [0, 0.05) is 23.8 Å². The summed E-state index contributed by atoms with van der Waals surface area (Å²) in [6.07, 6.45) is 4.32. The van der Waals surface area contributed by atoms with E-state index in [0.29, 0.717) is 17.9 Å². The maximum Gasteiger partial charge on any atom is 0.254 e. The predicted molar refractivity (Wildman–Crippen MR) is 83.6 cm³/mol. The van der Waals surface area contributed by atoms with Crippen molar-refractivity contribution in [1.82, 2.24) is 15.1 Å². The SMILES string of the molecule is Cn1cc(C(NC(=O)c2cc(Cl)ccc2F)C2CC(O)C2)cn1. The molecular weight excluding hydrogens is 321 g/mol. The molecule has 1 atom stereocenters. The molecule has 1 aromatic carbocycles. The highest BCUT2D eigenvalue weighted by molar-refractivity contribution is 6.31. The second-order valence-corrected chi connectivity index (χ2v) is 6.34. The van der Waals surface area contributed by atoms with Gasteiger partial charge in [-0.05, 0) is 37.0 Å². The van der Waals surface area contributed by atoms with E-state index in [4.69, 9.17) is 11.6 Å². The monoisotopic (exact) mass is 337 g/mol. The molecule has 0 saturated heterocycles. The number of carbonyl (C=O) groups excluding carboxylic acids is 1. The maximum absolute atomic E-state index is 13.9.